The van der Waals surface area contributed by atoms with Gasteiger partial charge in [0.1, 0.15) is 5.82 Å². The number of benzene rings is 1. The predicted octanol–water partition coefficient (Wildman–Crippen LogP) is 3.61. The Morgan fingerprint density at radius 2 is 1.87 bits per heavy atom. The highest BCUT2D eigenvalue weighted by Gasteiger charge is 2.31. The molecule has 1 aromatic carbocycles. The van der Waals surface area contributed by atoms with E-state index in [1.54, 1.807) is 0 Å². The Morgan fingerprint density at radius 3 is 2.71 bits per heavy atom. The second-order valence-electron chi connectivity index (χ2n) is 8.27. The van der Waals surface area contributed by atoms with Gasteiger partial charge in [-0.3, -0.25) is 13.9 Å². The zero-order valence-electron chi connectivity index (χ0n) is 17.9. The second kappa shape index (κ2) is 7.98. The van der Waals surface area contributed by atoms with Crippen LogP contribution in [0.4, 0.5) is 0 Å². The molecule has 158 valence electrons. The fourth-order valence-electron chi connectivity index (χ4n) is 4.59. The number of nitrogens with zero attached hydrogens (tertiary/aromatic N) is 6. The number of hydrogen-bond acceptors (Lipinski definition) is 4. The number of rotatable bonds is 4. The molecule has 3 aromatic heterocycles. The molecule has 4 heterocycles. The fraction of sp³-hybridized carbons (Fsp3) is 0.333. The van der Waals surface area contributed by atoms with Gasteiger partial charge in [-0.2, -0.15) is 5.10 Å². The SMILES string of the molecule is Cc1nn(Cc2ccccc2)c(C)c1C(=O)N1CCCC(c2nnc3ccccn23)C1. The first kappa shape index (κ1) is 19.5. The lowest BCUT2D eigenvalue weighted by atomic mass is 9.96. The Hall–Kier alpha value is -3.48. The first-order valence-corrected chi connectivity index (χ1v) is 10.8. The molecule has 7 nitrogen and oxygen atoms in total. The summed E-state index contributed by atoms with van der Waals surface area (Å²) < 4.78 is 3.97. The third-order valence-corrected chi connectivity index (χ3v) is 6.18. The number of carbonyl (C=O) groups excluding carboxylic acids is 1. The molecule has 1 aliphatic heterocycles. The van der Waals surface area contributed by atoms with Gasteiger partial charge in [0, 0.05) is 30.9 Å². The van der Waals surface area contributed by atoms with Crippen LogP contribution in [0, 0.1) is 13.8 Å². The molecular formula is C24H26N6O. The van der Waals surface area contributed by atoms with E-state index < -0.39 is 0 Å². The highest BCUT2D eigenvalue weighted by atomic mass is 16.2. The summed E-state index contributed by atoms with van der Waals surface area (Å²) in [5.41, 5.74) is 4.44. The molecule has 1 fully saturated rings. The van der Waals surface area contributed by atoms with Gasteiger partial charge in [-0.15, -0.1) is 10.2 Å². The van der Waals surface area contributed by atoms with Crippen molar-refractivity contribution in [3.05, 3.63) is 83.1 Å². The van der Waals surface area contributed by atoms with E-state index in [1.165, 1.54) is 5.56 Å². The minimum atomic E-state index is 0.0628. The van der Waals surface area contributed by atoms with Crippen LogP contribution < -0.4 is 0 Å². The minimum Gasteiger partial charge on any atom is -0.338 e. The number of amides is 1. The van der Waals surface area contributed by atoms with Crippen LogP contribution in [-0.2, 0) is 6.54 Å². The van der Waals surface area contributed by atoms with Gasteiger partial charge in [0.05, 0.1) is 17.8 Å². The third kappa shape index (κ3) is 3.60. The average molecular weight is 415 g/mol. The van der Waals surface area contributed by atoms with Crippen molar-refractivity contribution >= 4 is 11.6 Å². The molecule has 0 bridgehead atoms. The van der Waals surface area contributed by atoms with Crippen LogP contribution >= 0.6 is 0 Å². The Kier molecular flexibility index (Phi) is 5.02. The predicted molar refractivity (Wildman–Crippen MR) is 118 cm³/mol. The summed E-state index contributed by atoms with van der Waals surface area (Å²) in [5.74, 6) is 1.17. The molecule has 31 heavy (non-hydrogen) atoms. The van der Waals surface area contributed by atoms with E-state index >= 15 is 0 Å². The van der Waals surface area contributed by atoms with Crippen molar-refractivity contribution in [3.63, 3.8) is 0 Å². The molecule has 0 N–H and O–H groups in total. The van der Waals surface area contributed by atoms with Crippen LogP contribution in [0.3, 0.4) is 0 Å². The van der Waals surface area contributed by atoms with Crippen LogP contribution in [-0.4, -0.2) is 48.3 Å². The van der Waals surface area contributed by atoms with E-state index in [9.17, 15) is 4.79 Å². The molecule has 0 radical (unpaired) electrons. The summed E-state index contributed by atoms with van der Waals surface area (Å²) >= 11 is 0. The normalized spacial score (nSPS) is 16.7. The largest absolute Gasteiger partial charge is 0.338 e. The van der Waals surface area contributed by atoms with Crippen molar-refractivity contribution in [1.82, 2.24) is 29.3 Å². The quantitative estimate of drug-likeness (QED) is 0.512. The molecule has 4 aromatic rings. The lowest BCUT2D eigenvalue weighted by molar-refractivity contribution is 0.0702. The summed E-state index contributed by atoms with van der Waals surface area (Å²) in [6, 6.07) is 16.1. The maximum atomic E-state index is 13.5. The minimum absolute atomic E-state index is 0.0628. The molecule has 0 aliphatic carbocycles. The smallest absolute Gasteiger partial charge is 0.257 e. The van der Waals surface area contributed by atoms with Gasteiger partial charge in [-0.25, -0.2) is 0 Å². The van der Waals surface area contributed by atoms with Gasteiger partial charge >= 0.3 is 0 Å². The van der Waals surface area contributed by atoms with Crippen molar-refractivity contribution in [1.29, 1.82) is 0 Å². The van der Waals surface area contributed by atoms with Crippen LogP contribution in [0.15, 0.2) is 54.7 Å². The maximum Gasteiger partial charge on any atom is 0.257 e. The van der Waals surface area contributed by atoms with Gasteiger partial charge < -0.3 is 4.90 Å². The maximum absolute atomic E-state index is 13.5. The fourth-order valence-corrected chi connectivity index (χ4v) is 4.59. The van der Waals surface area contributed by atoms with Crippen LogP contribution in [0.2, 0.25) is 0 Å². The molecule has 5 rings (SSSR count). The van der Waals surface area contributed by atoms with Gasteiger partial charge in [-0.1, -0.05) is 36.4 Å². The number of aryl methyl sites for hydroxylation is 1. The topological polar surface area (TPSA) is 68.3 Å². The number of pyridine rings is 1. The van der Waals surface area contributed by atoms with Gasteiger partial charge in [0.2, 0.25) is 0 Å². The standard InChI is InChI=1S/C24H26N6O/c1-17-22(18(2)30(27-17)15-19-9-4-3-5-10-19)24(31)28-13-8-11-20(16-28)23-26-25-21-12-6-7-14-29(21)23/h3-7,9-10,12,14,20H,8,11,13,15-16H2,1-2H3. The van der Waals surface area contributed by atoms with E-state index in [4.69, 9.17) is 0 Å². The molecule has 1 atom stereocenters. The molecule has 0 spiro atoms. The first-order valence-electron chi connectivity index (χ1n) is 10.8. The van der Waals surface area contributed by atoms with Crippen molar-refractivity contribution in [3.8, 4) is 0 Å². The van der Waals surface area contributed by atoms with Gasteiger partial charge in [0.15, 0.2) is 5.65 Å². The van der Waals surface area contributed by atoms with Crippen molar-refractivity contribution in [2.24, 2.45) is 0 Å². The Balaban J connectivity index is 1.39. The zero-order chi connectivity index (χ0) is 21.4. The Morgan fingerprint density at radius 1 is 1.06 bits per heavy atom. The highest BCUT2D eigenvalue weighted by molar-refractivity contribution is 5.96. The number of likely N-dealkylation sites (tertiary alicyclic amines) is 1. The highest BCUT2D eigenvalue weighted by Crippen LogP contribution is 2.28. The summed E-state index contributed by atoms with van der Waals surface area (Å²) in [7, 11) is 0. The van der Waals surface area contributed by atoms with E-state index in [-0.39, 0.29) is 11.8 Å². The third-order valence-electron chi connectivity index (χ3n) is 6.18. The molecule has 1 amide bonds. The number of aromatic nitrogens is 5. The van der Waals surface area contributed by atoms with Crippen molar-refractivity contribution in [2.45, 2.75) is 39.2 Å². The number of hydrogen-bond donors (Lipinski definition) is 0. The Labute approximate surface area is 181 Å². The zero-order valence-corrected chi connectivity index (χ0v) is 17.9. The van der Waals surface area contributed by atoms with Crippen molar-refractivity contribution in [2.75, 3.05) is 13.1 Å². The molecular weight excluding hydrogens is 388 g/mol. The molecule has 1 unspecified atom stereocenters. The molecule has 0 saturated carbocycles. The number of piperidine rings is 1. The van der Waals surface area contributed by atoms with E-state index in [0.29, 0.717) is 13.1 Å². The lowest BCUT2D eigenvalue weighted by Crippen LogP contribution is -2.40. The van der Waals surface area contributed by atoms with Crippen LogP contribution in [0.5, 0.6) is 0 Å². The van der Waals surface area contributed by atoms with Crippen molar-refractivity contribution < 1.29 is 4.79 Å². The summed E-state index contributed by atoms with van der Waals surface area (Å²) in [6.07, 6.45) is 3.95. The molecule has 7 heteroatoms. The summed E-state index contributed by atoms with van der Waals surface area (Å²) in [6.45, 7) is 5.99. The van der Waals surface area contributed by atoms with Crippen LogP contribution in [0.25, 0.3) is 5.65 Å². The molecule has 1 aliphatic rings. The first-order chi connectivity index (χ1) is 15.1. The summed E-state index contributed by atoms with van der Waals surface area (Å²) in [5, 5.41) is 13.4. The Bertz CT molecular complexity index is 1230. The lowest BCUT2D eigenvalue weighted by Gasteiger charge is -2.32. The van der Waals surface area contributed by atoms with Crippen LogP contribution in [0.1, 0.15) is 51.9 Å². The summed E-state index contributed by atoms with van der Waals surface area (Å²) in [4.78, 5) is 15.5. The second-order valence-corrected chi connectivity index (χ2v) is 8.27. The van der Waals surface area contributed by atoms with Gasteiger partial charge in [0.25, 0.3) is 5.91 Å². The van der Waals surface area contributed by atoms with Gasteiger partial charge in [-0.05, 0) is 44.4 Å². The van der Waals surface area contributed by atoms with E-state index in [0.717, 1.165) is 47.8 Å². The average Bonchev–Trinajstić information content (AvgIpc) is 3.35. The monoisotopic (exact) mass is 414 g/mol. The molecule has 1 saturated heterocycles. The number of carbonyl (C=O) groups is 1. The van der Waals surface area contributed by atoms with E-state index in [2.05, 4.69) is 27.4 Å². The van der Waals surface area contributed by atoms with E-state index in [1.807, 2.05) is 70.4 Å². The number of fused-ring (bicyclic) bond motifs is 1.